The van der Waals surface area contributed by atoms with E-state index in [0.717, 1.165) is 6.42 Å². The summed E-state index contributed by atoms with van der Waals surface area (Å²) >= 11 is 0. The monoisotopic (exact) mass is 172 g/mol. The van der Waals surface area contributed by atoms with Crippen molar-refractivity contribution in [1.82, 2.24) is 0 Å². The summed E-state index contributed by atoms with van der Waals surface area (Å²) in [5.41, 5.74) is 0. The summed E-state index contributed by atoms with van der Waals surface area (Å²) in [5.74, 6) is -1.54. The fourth-order valence-electron chi connectivity index (χ4n) is 1.94. The molecule has 0 radical (unpaired) electrons. The van der Waals surface area contributed by atoms with Crippen molar-refractivity contribution >= 4 is 5.97 Å². The Hall–Kier alpha value is -0.610. The van der Waals surface area contributed by atoms with Gasteiger partial charge in [-0.1, -0.05) is 0 Å². The van der Waals surface area contributed by atoms with Gasteiger partial charge < -0.3 is 14.6 Å². The highest BCUT2D eigenvalue weighted by Crippen LogP contribution is 2.40. The molecule has 0 bridgehead atoms. The number of hydrogen-bond acceptors (Lipinski definition) is 3. The highest BCUT2D eigenvalue weighted by Gasteiger charge is 2.46. The largest absolute Gasteiger partial charge is 0.481 e. The lowest BCUT2D eigenvalue weighted by Gasteiger charge is -2.20. The first-order valence-electron chi connectivity index (χ1n) is 4.23. The fraction of sp³-hybridized carbons (Fsp3) is 0.875. The third-order valence-electron chi connectivity index (χ3n) is 2.59. The second kappa shape index (κ2) is 2.71. The van der Waals surface area contributed by atoms with Crippen molar-refractivity contribution < 1.29 is 19.4 Å². The summed E-state index contributed by atoms with van der Waals surface area (Å²) in [6.07, 6.45) is 1.92. The smallest absolute Gasteiger partial charge is 0.306 e. The summed E-state index contributed by atoms with van der Waals surface area (Å²) in [6, 6.07) is 0. The van der Waals surface area contributed by atoms with Gasteiger partial charge in [-0.05, 0) is 6.42 Å². The Bertz CT molecular complexity index is 195. The number of carbonyl (C=O) groups is 1. The third-order valence-corrected chi connectivity index (χ3v) is 2.59. The Morgan fingerprint density at radius 1 is 1.42 bits per heavy atom. The minimum atomic E-state index is -0.731. The van der Waals surface area contributed by atoms with Gasteiger partial charge in [0, 0.05) is 12.8 Å². The lowest BCUT2D eigenvalue weighted by atomic mass is 10.1. The summed E-state index contributed by atoms with van der Waals surface area (Å²) in [6.45, 7) is 1.21. The van der Waals surface area contributed by atoms with Crippen LogP contribution < -0.4 is 0 Å². The SMILES string of the molecule is O=C(O)[C@@H]1CCC2(C1)OCCO2. The third kappa shape index (κ3) is 1.21. The second-order valence-corrected chi connectivity index (χ2v) is 3.39. The molecule has 1 atom stereocenters. The van der Waals surface area contributed by atoms with Crippen LogP contribution >= 0.6 is 0 Å². The van der Waals surface area contributed by atoms with Gasteiger partial charge in [0.1, 0.15) is 0 Å². The number of rotatable bonds is 1. The van der Waals surface area contributed by atoms with Gasteiger partial charge in [0.05, 0.1) is 19.1 Å². The number of hydrogen-bond donors (Lipinski definition) is 1. The maximum atomic E-state index is 10.6. The zero-order valence-electron chi connectivity index (χ0n) is 6.78. The van der Waals surface area contributed by atoms with Gasteiger partial charge in [0.25, 0.3) is 0 Å². The standard InChI is InChI=1S/C8H12O4/c9-7(10)6-1-2-8(5-6)11-3-4-12-8/h6H,1-5H2,(H,9,10)/t6-/m1/s1. The van der Waals surface area contributed by atoms with Crippen LogP contribution in [0.3, 0.4) is 0 Å². The van der Waals surface area contributed by atoms with Crippen LogP contribution in [0.2, 0.25) is 0 Å². The molecule has 4 heteroatoms. The van der Waals surface area contributed by atoms with E-state index in [9.17, 15) is 4.79 Å². The van der Waals surface area contributed by atoms with Gasteiger partial charge in [0.2, 0.25) is 0 Å². The van der Waals surface area contributed by atoms with Crippen molar-refractivity contribution in [2.24, 2.45) is 5.92 Å². The van der Waals surface area contributed by atoms with E-state index in [2.05, 4.69) is 0 Å². The molecule has 1 heterocycles. The molecular formula is C8H12O4. The summed E-state index contributed by atoms with van der Waals surface area (Å²) in [4.78, 5) is 10.6. The maximum Gasteiger partial charge on any atom is 0.306 e. The van der Waals surface area contributed by atoms with Gasteiger partial charge in [-0.3, -0.25) is 4.79 Å². The zero-order chi connectivity index (χ0) is 8.60. The van der Waals surface area contributed by atoms with Crippen molar-refractivity contribution in [3.05, 3.63) is 0 Å². The fourth-order valence-corrected chi connectivity index (χ4v) is 1.94. The highest BCUT2D eigenvalue weighted by molar-refractivity contribution is 5.70. The van der Waals surface area contributed by atoms with Crippen LogP contribution in [0.4, 0.5) is 0 Å². The average Bonchev–Trinajstić information content (AvgIpc) is 2.62. The summed E-state index contributed by atoms with van der Waals surface area (Å²) < 4.78 is 10.8. The molecule has 1 saturated carbocycles. The quantitative estimate of drug-likeness (QED) is 0.629. The van der Waals surface area contributed by atoms with Crippen molar-refractivity contribution in [3.63, 3.8) is 0 Å². The molecule has 0 amide bonds. The molecule has 0 unspecified atom stereocenters. The van der Waals surface area contributed by atoms with Crippen LogP contribution in [0.5, 0.6) is 0 Å². The highest BCUT2D eigenvalue weighted by atomic mass is 16.7. The van der Waals surface area contributed by atoms with Crippen molar-refractivity contribution in [1.29, 1.82) is 0 Å². The van der Waals surface area contributed by atoms with Crippen LogP contribution in [0, 0.1) is 5.92 Å². The van der Waals surface area contributed by atoms with Crippen molar-refractivity contribution in [3.8, 4) is 0 Å². The van der Waals surface area contributed by atoms with E-state index >= 15 is 0 Å². The lowest BCUT2D eigenvalue weighted by molar-refractivity contribution is -0.159. The van der Waals surface area contributed by atoms with E-state index in [1.54, 1.807) is 0 Å². The summed E-state index contributed by atoms with van der Waals surface area (Å²) in [7, 11) is 0. The Balaban J connectivity index is 2.01. The molecule has 2 fully saturated rings. The Morgan fingerprint density at radius 2 is 2.08 bits per heavy atom. The molecule has 1 spiro atoms. The lowest BCUT2D eigenvalue weighted by Crippen LogP contribution is -2.27. The Kier molecular flexibility index (Phi) is 1.81. The van der Waals surface area contributed by atoms with Crippen LogP contribution in [0.25, 0.3) is 0 Å². The van der Waals surface area contributed by atoms with E-state index in [1.165, 1.54) is 0 Å². The molecule has 2 aliphatic rings. The zero-order valence-corrected chi connectivity index (χ0v) is 6.78. The van der Waals surface area contributed by atoms with E-state index in [4.69, 9.17) is 14.6 Å². The molecule has 0 aromatic carbocycles. The van der Waals surface area contributed by atoms with Crippen LogP contribution in [0.15, 0.2) is 0 Å². The van der Waals surface area contributed by atoms with Gasteiger partial charge in [-0.15, -0.1) is 0 Å². The van der Waals surface area contributed by atoms with Crippen LogP contribution in [0.1, 0.15) is 19.3 Å². The average molecular weight is 172 g/mol. The minimum absolute atomic E-state index is 0.275. The van der Waals surface area contributed by atoms with Gasteiger partial charge in [0.15, 0.2) is 5.79 Å². The molecule has 68 valence electrons. The van der Waals surface area contributed by atoms with E-state index in [-0.39, 0.29) is 5.92 Å². The predicted molar refractivity (Wildman–Crippen MR) is 39.6 cm³/mol. The minimum Gasteiger partial charge on any atom is -0.481 e. The molecule has 2 rings (SSSR count). The Morgan fingerprint density at radius 3 is 2.58 bits per heavy atom. The molecule has 1 aliphatic heterocycles. The molecule has 1 aliphatic carbocycles. The molecule has 0 aromatic rings. The van der Waals surface area contributed by atoms with Crippen LogP contribution in [-0.2, 0) is 14.3 Å². The molecule has 12 heavy (non-hydrogen) atoms. The van der Waals surface area contributed by atoms with E-state index < -0.39 is 11.8 Å². The van der Waals surface area contributed by atoms with Gasteiger partial charge >= 0.3 is 5.97 Å². The molecular weight excluding hydrogens is 160 g/mol. The van der Waals surface area contributed by atoms with Crippen molar-refractivity contribution in [2.75, 3.05) is 13.2 Å². The number of aliphatic carboxylic acids is 1. The number of carboxylic acids is 1. The first-order valence-corrected chi connectivity index (χ1v) is 4.23. The van der Waals surface area contributed by atoms with Gasteiger partial charge in [-0.25, -0.2) is 0 Å². The first-order chi connectivity index (χ1) is 5.72. The van der Waals surface area contributed by atoms with E-state index in [0.29, 0.717) is 26.1 Å². The Labute approximate surface area is 70.5 Å². The topological polar surface area (TPSA) is 55.8 Å². The second-order valence-electron chi connectivity index (χ2n) is 3.39. The van der Waals surface area contributed by atoms with E-state index in [1.807, 2.05) is 0 Å². The van der Waals surface area contributed by atoms with Crippen molar-refractivity contribution in [2.45, 2.75) is 25.0 Å². The maximum absolute atomic E-state index is 10.6. The first kappa shape index (κ1) is 8.01. The molecule has 4 nitrogen and oxygen atoms in total. The van der Waals surface area contributed by atoms with Crippen LogP contribution in [-0.4, -0.2) is 30.1 Å². The number of carboxylic acid groups (broad SMARTS) is 1. The van der Waals surface area contributed by atoms with Gasteiger partial charge in [-0.2, -0.15) is 0 Å². The normalized spacial score (nSPS) is 32.8. The predicted octanol–water partition coefficient (Wildman–Crippen LogP) is 0.614. The molecule has 1 N–H and O–H groups in total. The number of ether oxygens (including phenoxy) is 2. The summed E-state index contributed by atoms with van der Waals surface area (Å²) in [5, 5.41) is 8.75. The molecule has 1 saturated heterocycles. The molecule has 0 aromatic heterocycles.